The van der Waals surface area contributed by atoms with E-state index in [-0.39, 0.29) is 42.5 Å². The Morgan fingerprint density at radius 1 is 1.04 bits per heavy atom. The molecule has 3 aliphatic rings. The first-order valence-electron chi connectivity index (χ1n) is 16.2. The van der Waals surface area contributed by atoms with Crippen LogP contribution in [0.1, 0.15) is 53.3 Å². The molecule has 14 heteroatoms. The van der Waals surface area contributed by atoms with Crippen LogP contribution < -0.4 is 9.80 Å². The quantitative estimate of drug-likeness (QED) is 0.351. The highest BCUT2D eigenvalue weighted by atomic mass is 19.4. The third-order valence-electron chi connectivity index (χ3n) is 9.75. The first kappa shape index (κ1) is 33.1. The molecule has 0 bridgehead atoms. The standard InChI is InChI=1S/C34H38F3N9O2/c1-23-18-40-42(2)31(23)25-9-12-43(13-10-25)30-16-29(28(17-39)32(41-30)34(35,36)37)45-20-27(21-45)44-14-15-46(26(19-44)8-11-38)33(47)48-22-24-6-4-3-5-7-24/h3-7,16,18,25-27H,8-10,12-15,19-22H2,1-2H3/t26-/m1/s1. The zero-order valence-electron chi connectivity index (χ0n) is 27.0. The van der Waals surface area contributed by atoms with Crippen LogP contribution in [0.5, 0.6) is 0 Å². The molecule has 0 saturated carbocycles. The molecule has 3 saturated heterocycles. The first-order valence-corrected chi connectivity index (χ1v) is 16.2. The molecule has 11 nitrogen and oxygen atoms in total. The summed E-state index contributed by atoms with van der Waals surface area (Å²) < 4.78 is 50.3. The number of carbonyl (C=O) groups excluding carboxylic acids is 1. The molecule has 2 aromatic heterocycles. The van der Waals surface area contributed by atoms with Crippen LogP contribution in [0.25, 0.3) is 0 Å². The van der Waals surface area contributed by atoms with E-state index in [1.807, 2.05) is 60.1 Å². The van der Waals surface area contributed by atoms with Crippen molar-refractivity contribution in [1.82, 2.24) is 24.6 Å². The van der Waals surface area contributed by atoms with Crippen molar-refractivity contribution < 1.29 is 22.7 Å². The number of aryl methyl sites for hydroxylation is 2. The lowest BCUT2D eigenvalue weighted by atomic mass is 9.91. The number of rotatable bonds is 7. The Hall–Kier alpha value is -4.82. The molecule has 252 valence electrons. The van der Waals surface area contributed by atoms with Gasteiger partial charge in [0.25, 0.3) is 0 Å². The van der Waals surface area contributed by atoms with Crippen molar-refractivity contribution in [3.8, 4) is 12.1 Å². The summed E-state index contributed by atoms with van der Waals surface area (Å²) >= 11 is 0. The normalized spacial score (nSPS) is 19.5. The Morgan fingerprint density at radius 2 is 1.77 bits per heavy atom. The van der Waals surface area contributed by atoms with Gasteiger partial charge in [-0.2, -0.15) is 28.8 Å². The zero-order valence-corrected chi connectivity index (χ0v) is 27.0. The number of piperazine rings is 1. The van der Waals surface area contributed by atoms with Crippen molar-refractivity contribution in [1.29, 1.82) is 10.5 Å². The number of nitriles is 2. The number of hydrogen-bond acceptors (Lipinski definition) is 9. The minimum Gasteiger partial charge on any atom is -0.445 e. The smallest absolute Gasteiger partial charge is 0.434 e. The highest BCUT2D eigenvalue weighted by Gasteiger charge is 2.43. The van der Waals surface area contributed by atoms with Crippen LogP contribution in [-0.4, -0.2) is 88.6 Å². The Morgan fingerprint density at radius 3 is 2.40 bits per heavy atom. The highest BCUT2D eigenvalue weighted by molar-refractivity contribution is 5.69. The van der Waals surface area contributed by atoms with Crippen LogP contribution in [0.2, 0.25) is 0 Å². The minimum atomic E-state index is -4.79. The van der Waals surface area contributed by atoms with Gasteiger partial charge in [0.15, 0.2) is 5.69 Å². The molecule has 6 rings (SSSR count). The summed E-state index contributed by atoms with van der Waals surface area (Å²) in [6.07, 6.45) is -1.81. The molecule has 0 N–H and O–H groups in total. The molecule has 3 aliphatic heterocycles. The SMILES string of the molecule is Cc1cnn(C)c1C1CCN(c2cc(N3CC(N4CCN(C(=O)OCc5ccccc5)[C@H](CC#N)C4)C3)c(C#N)c(C(F)(F)F)n2)CC1. The van der Waals surface area contributed by atoms with Gasteiger partial charge < -0.3 is 19.4 Å². The number of nitrogens with zero attached hydrogens (tertiary/aromatic N) is 9. The van der Waals surface area contributed by atoms with Crippen LogP contribution in [0.3, 0.4) is 0 Å². The molecule has 0 unspecified atom stereocenters. The Bertz CT molecular complexity index is 1680. The van der Waals surface area contributed by atoms with E-state index in [1.54, 1.807) is 21.9 Å². The van der Waals surface area contributed by atoms with E-state index >= 15 is 0 Å². The van der Waals surface area contributed by atoms with Gasteiger partial charge in [-0.05, 0) is 30.9 Å². The summed E-state index contributed by atoms with van der Waals surface area (Å²) in [5, 5.41) is 23.7. The largest absolute Gasteiger partial charge is 0.445 e. The molecule has 0 aliphatic carbocycles. The van der Waals surface area contributed by atoms with Crippen molar-refractivity contribution in [2.75, 3.05) is 55.6 Å². The predicted octanol–water partition coefficient (Wildman–Crippen LogP) is 4.82. The molecule has 3 fully saturated rings. The van der Waals surface area contributed by atoms with Gasteiger partial charge in [-0.3, -0.25) is 9.58 Å². The number of benzene rings is 1. The molecule has 0 radical (unpaired) electrons. The minimum absolute atomic E-state index is 0.0101. The fraction of sp³-hybridized carbons (Fsp3) is 0.500. The third-order valence-corrected chi connectivity index (χ3v) is 9.75. The van der Waals surface area contributed by atoms with E-state index in [0.717, 1.165) is 29.7 Å². The van der Waals surface area contributed by atoms with E-state index in [0.29, 0.717) is 45.8 Å². The summed E-state index contributed by atoms with van der Waals surface area (Å²) in [5.41, 5.74) is 1.70. The molecule has 1 aromatic carbocycles. The van der Waals surface area contributed by atoms with E-state index in [4.69, 9.17) is 4.74 Å². The lowest BCUT2D eigenvalue weighted by Gasteiger charge is -2.51. The summed E-state index contributed by atoms with van der Waals surface area (Å²) in [6, 6.07) is 14.6. The number of carbonyl (C=O) groups is 1. The lowest BCUT2D eigenvalue weighted by Crippen LogP contribution is -2.65. The van der Waals surface area contributed by atoms with Crippen molar-refractivity contribution in [3.05, 3.63) is 70.7 Å². The summed E-state index contributed by atoms with van der Waals surface area (Å²) in [7, 11) is 1.91. The fourth-order valence-corrected chi connectivity index (χ4v) is 7.19. The van der Waals surface area contributed by atoms with Crippen LogP contribution in [0.15, 0.2) is 42.6 Å². The second kappa shape index (κ2) is 13.7. The number of amides is 1. The number of anilines is 2. The highest BCUT2D eigenvalue weighted by Crippen LogP contribution is 2.40. The van der Waals surface area contributed by atoms with Gasteiger partial charge in [-0.25, -0.2) is 9.78 Å². The molecular formula is C34H38F3N9O2. The molecule has 1 amide bonds. The number of hydrogen-bond donors (Lipinski definition) is 0. The zero-order chi connectivity index (χ0) is 34.0. The molecular weight excluding hydrogens is 623 g/mol. The van der Waals surface area contributed by atoms with Gasteiger partial charge in [-0.1, -0.05) is 30.3 Å². The van der Waals surface area contributed by atoms with Gasteiger partial charge in [0.2, 0.25) is 0 Å². The first-order chi connectivity index (χ1) is 23.1. The monoisotopic (exact) mass is 661 g/mol. The van der Waals surface area contributed by atoms with Gasteiger partial charge >= 0.3 is 12.3 Å². The number of aromatic nitrogens is 3. The van der Waals surface area contributed by atoms with Crippen LogP contribution in [0.4, 0.5) is 29.5 Å². The predicted molar refractivity (Wildman–Crippen MR) is 171 cm³/mol. The lowest BCUT2D eigenvalue weighted by molar-refractivity contribution is -0.141. The fourth-order valence-electron chi connectivity index (χ4n) is 7.19. The van der Waals surface area contributed by atoms with E-state index in [2.05, 4.69) is 21.1 Å². The topological polar surface area (TPSA) is 118 Å². The second-order valence-electron chi connectivity index (χ2n) is 12.7. The van der Waals surface area contributed by atoms with Crippen LogP contribution in [0, 0.1) is 29.6 Å². The van der Waals surface area contributed by atoms with E-state index < -0.39 is 23.5 Å². The number of piperidine rings is 1. The number of alkyl halides is 3. The maximum absolute atomic E-state index is 14.3. The molecule has 3 aromatic rings. The second-order valence-corrected chi connectivity index (χ2v) is 12.7. The van der Waals surface area contributed by atoms with Gasteiger partial charge in [0.1, 0.15) is 24.1 Å². The average molecular weight is 662 g/mol. The van der Waals surface area contributed by atoms with Gasteiger partial charge in [-0.15, -0.1) is 0 Å². The molecule has 1 atom stereocenters. The van der Waals surface area contributed by atoms with E-state index in [1.165, 1.54) is 0 Å². The van der Waals surface area contributed by atoms with Crippen LogP contribution >= 0.6 is 0 Å². The van der Waals surface area contributed by atoms with Crippen molar-refractivity contribution in [3.63, 3.8) is 0 Å². The van der Waals surface area contributed by atoms with Gasteiger partial charge in [0, 0.05) is 76.6 Å². The maximum atomic E-state index is 14.3. The average Bonchev–Trinajstić information content (AvgIpc) is 3.40. The molecule has 0 spiro atoms. The number of pyridine rings is 1. The van der Waals surface area contributed by atoms with Crippen molar-refractivity contribution >= 4 is 17.6 Å². The number of ether oxygens (including phenoxy) is 1. The summed E-state index contributed by atoms with van der Waals surface area (Å²) in [5.74, 6) is 0.470. The van der Waals surface area contributed by atoms with E-state index in [9.17, 15) is 28.5 Å². The number of halogens is 3. The third kappa shape index (κ3) is 6.76. The molecule has 48 heavy (non-hydrogen) atoms. The maximum Gasteiger partial charge on any atom is 0.434 e. The summed E-state index contributed by atoms with van der Waals surface area (Å²) in [4.78, 5) is 24.4. The Labute approximate surface area is 277 Å². The van der Waals surface area contributed by atoms with Gasteiger partial charge in [0.05, 0.1) is 30.4 Å². The van der Waals surface area contributed by atoms with Crippen molar-refractivity contribution in [2.24, 2.45) is 7.05 Å². The Balaban J connectivity index is 1.13. The van der Waals surface area contributed by atoms with Crippen LogP contribution in [-0.2, 0) is 24.6 Å². The Kier molecular flexibility index (Phi) is 9.47. The summed E-state index contributed by atoms with van der Waals surface area (Å²) in [6.45, 7) is 5.38. The molecule has 5 heterocycles. The van der Waals surface area contributed by atoms with Crippen molar-refractivity contribution in [2.45, 2.75) is 57.0 Å².